The fourth-order valence-electron chi connectivity index (χ4n) is 3.44. The van der Waals surface area contributed by atoms with Crippen LogP contribution < -0.4 is 19.7 Å². The number of halogens is 1. The van der Waals surface area contributed by atoms with Crippen molar-refractivity contribution in [2.24, 2.45) is 0 Å². The zero-order valence-electron chi connectivity index (χ0n) is 18.5. The normalized spacial score (nSPS) is 14.9. The lowest BCUT2D eigenvalue weighted by atomic mass is 10.1. The molecule has 3 aromatic carbocycles. The Hall–Kier alpha value is -3.91. The minimum Gasteiger partial charge on any atom is -0.497 e. The van der Waals surface area contributed by atoms with E-state index in [2.05, 4.69) is 21.2 Å². The van der Waals surface area contributed by atoms with Gasteiger partial charge in [0, 0.05) is 16.1 Å². The van der Waals surface area contributed by atoms with Gasteiger partial charge < -0.3 is 9.47 Å². The number of ether oxygens (including phenoxy) is 2. The molecule has 7 nitrogen and oxygen atoms in total. The number of methoxy groups -OCH3 is 1. The molecule has 1 saturated heterocycles. The first-order chi connectivity index (χ1) is 16.4. The molecule has 1 aliphatic heterocycles. The van der Waals surface area contributed by atoms with Gasteiger partial charge in [-0.25, -0.2) is 9.69 Å². The van der Waals surface area contributed by atoms with Crippen molar-refractivity contribution in [3.05, 3.63) is 93.5 Å². The highest BCUT2D eigenvalue weighted by Gasteiger charge is 2.37. The van der Waals surface area contributed by atoms with Crippen molar-refractivity contribution in [2.45, 2.75) is 13.5 Å². The Labute approximate surface area is 205 Å². The van der Waals surface area contributed by atoms with Crippen LogP contribution in [0.4, 0.5) is 10.5 Å². The van der Waals surface area contributed by atoms with Crippen molar-refractivity contribution < 1.29 is 23.9 Å². The van der Waals surface area contributed by atoms with E-state index in [1.807, 2.05) is 37.3 Å². The summed E-state index contributed by atoms with van der Waals surface area (Å²) in [6.07, 6.45) is 1.42. The predicted molar refractivity (Wildman–Crippen MR) is 132 cm³/mol. The number of hydrogen-bond acceptors (Lipinski definition) is 5. The number of urea groups is 1. The molecule has 3 aromatic rings. The molecule has 1 N–H and O–H groups in total. The lowest BCUT2D eigenvalue weighted by molar-refractivity contribution is -0.122. The summed E-state index contributed by atoms with van der Waals surface area (Å²) in [6.45, 7) is 2.13. The Morgan fingerprint density at radius 1 is 1.00 bits per heavy atom. The van der Waals surface area contributed by atoms with Crippen LogP contribution in [0, 0.1) is 6.92 Å². The molecule has 0 unspecified atom stereocenters. The summed E-state index contributed by atoms with van der Waals surface area (Å²) in [5.41, 5.74) is 2.47. The second kappa shape index (κ2) is 9.93. The molecule has 172 valence electrons. The number of anilines is 1. The third kappa shape index (κ3) is 4.87. The van der Waals surface area contributed by atoms with Crippen LogP contribution in [0.5, 0.6) is 11.5 Å². The summed E-state index contributed by atoms with van der Waals surface area (Å²) in [5.74, 6) is -0.503. The van der Waals surface area contributed by atoms with Crippen LogP contribution in [0.3, 0.4) is 0 Å². The number of carbonyl (C=O) groups excluding carboxylic acids is 3. The molecule has 0 atom stereocenters. The second-order valence-electron chi connectivity index (χ2n) is 7.57. The van der Waals surface area contributed by atoms with Gasteiger partial charge in [-0.15, -0.1) is 0 Å². The zero-order valence-corrected chi connectivity index (χ0v) is 20.1. The summed E-state index contributed by atoms with van der Waals surface area (Å²) >= 11 is 3.41. The molecule has 4 rings (SSSR count). The molecule has 0 spiro atoms. The first-order valence-electron chi connectivity index (χ1n) is 10.4. The SMILES string of the molecule is COc1ccc(/C=C2/C(=O)NC(=O)N(c3ccc(Br)c(C)c3)C2=O)c(OCc2ccccc2)c1. The van der Waals surface area contributed by atoms with Gasteiger partial charge in [-0.3, -0.25) is 14.9 Å². The van der Waals surface area contributed by atoms with Crippen LogP contribution in [0.2, 0.25) is 0 Å². The number of rotatable bonds is 6. The Kier molecular flexibility index (Phi) is 6.79. The molecule has 1 aliphatic rings. The van der Waals surface area contributed by atoms with Crippen LogP contribution in [-0.2, 0) is 16.2 Å². The van der Waals surface area contributed by atoms with Gasteiger partial charge in [0.15, 0.2) is 0 Å². The summed E-state index contributed by atoms with van der Waals surface area (Å²) in [5, 5.41) is 2.24. The molecule has 8 heteroatoms. The van der Waals surface area contributed by atoms with E-state index in [0.717, 1.165) is 20.5 Å². The van der Waals surface area contributed by atoms with Gasteiger partial charge in [0.2, 0.25) is 0 Å². The molecule has 4 amide bonds. The average molecular weight is 521 g/mol. The van der Waals surface area contributed by atoms with Gasteiger partial charge >= 0.3 is 6.03 Å². The number of barbiturate groups is 1. The molecule has 0 aliphatic carbocycles. The highest BCUT2D eigenvalue weighted by Crippen LogP contribution is 2.30. The Balaban J connectivity index is 1.70. The standard InChI is InChI=1S/C26H21BrN2O5/c1-16-12-19(9-11-22(16)27)29-25(31)21(24(30)28-26(29)32)13-18-8-10-20(33-2)14-23(18)34-15-17-6-4-3-5-7-17/h3-14H,15H2,1-2H3,(H,28,30,32)/b21-13-. The zero-order chi connectivity index (χ0) is 24.2. The fourth-order valence-corrected chi connectivity index (χ4v) is 3.68. The van der Waals surface area contributed by atoms with Gasteiger partial charge in [-0.1, -0.05) is 46.3 Å². The van der Waals surface area contributed by atoms with E-state index in [1.54, 1.807) is 36.4 Å². The van der Waals surface area contributed by atoms with E-state index in [0.29, 0.717) is 22.7 Å². The summed E-state index contributed by atoms with van der Waals surface area (Å²) in [4.78, 5) is 39.3. The Bertz CT molecular complexity index is 1300. The summed E-state index contributed by atoms with van der Waals surface area (Å²) in [7, 11) is 1.54. The number of nitrogens with one attached hydrogen (secondary N) is 1. The number of amides is 4. The van der Waals surface area contributed by atoms with Crippen LogP contribution in [0.25, 0.3) is 6.08 Å². The van der Waals surface area contributed by atoms with E-state index < -0.39 is 17.8 Å². The van der Waals surface area contributed by atoms with E-state index in [-0.39, 0.29) is 12.2 Å². The van der Waals surface area contributed by atoms with Crippen molar-refractivity contribution in [3.63, 3.8) is 0 Å². The number of aryl methyl sites for hydroxylation is 1. The van der Waals surface area contributed by atoms with Gasteiger partial charge in [0.25, 0.3) is 11.8 Å². The second-order valence-corrected chi connectivity index (χ2v) is 8.42. The van der Waals surface area contributed by atoms with Crippen LogP contribution >= 0.6 is 15.9 Å². The van der Waals surface area contributed by atoms with Crippen LogP contribution in [0.15, 0.2) is 76.8 Å². The third-order valence-corrected chi connectivity index (χ3v) is 6.15. The Morgan fingerprint density at radius 2 is 1.76 bits per heavy atom. The van der Waals surface area contributed by atoms with Gasteiger partial charge in [-0.2, -0.15) is 0 Å². The molecule has 1 fully saturated rings. The Morgan fingerprint density at radius 3 is 2.47 bits per heavy atom. The largest absolute Gasteiger partial charge is 0.497 e. The van der Waals surface area contributed by atoms with E-state index in [1.165, 1.54) is 13.2 Å². The number of benzene rings is 3. The number of imide groups is 2. The third-order valence-electron chi connectivity index (χ3n) is 5.26. The van der Waals surface area contributed by atoms with Gasteiger partial charge in [-0.05, 0) is 54.5 Å². The first kappa shape index (κ1) is 23.3. The fraction of sp³-hybridized carbons (Fsp3) is 0.115. The molecule has 0 bridgehead atoms. The van der Waals surface area contributed by atoms with Crippen LogP contribution in [0.1, 0.15) is 16.7 Å². The smallest absolute Gasteiger partial charge is 0.335 e. The molecule has 0 saturated carbocycles. The monoisotopic (exact) mass is 520 g/mol. The summed E-state index contributed by atoms with van der Waals surface area (Å²) in [6, 6.07) is 18.9. The van der Waals surface area contributed by atoms with Crippen LogP contribution in [-0.4, -0.2) is 25.0 Å². The van der Waals surface area contributed by atoms with Crippen molar-refractivity contribution >= 4 is 45.5 Å². The van der Waals surface area contributed by atoms with Gasteiger partial charge in [0.1, 0.15) is 23.7 Å². The highest BCUT2D eigenvalue weighted by atomic mass is 79.9. The minimum absolute atomic E-state index is 0.185. The maximum absolute atomic E-state index is 13.3. The number of nitrogens with zero attached hydrogens (tertiary/aromatic N) is 1. The maximum atomic E-state index is 13.3. The topological polar surface area (TPSA) is 84.9 Å². The molecular formula is C26H21BrN2O5. The van der Waals surface area contributed by atoms with Gasteiger partial charge in [0.05, 0.1) is 12.8 Å². The van der Waals surface area contributed by atoms with Crippen molar-refractivity contribution in [3.8, 4) is 11.5 Å². The summed E-state index contributed by atoms with van der Waals surface area (Å²) < 4.78 is 12.1. The highest BCUT2D eigenvalue weighted by molar-refractivity contribution is 9.10. The number of carbonyl (C=O) groups is 3. The average Bonchev–Trinajstić information content (AvgIpc) is 2.83. The van der Waals surface area contributed by atoms with Crippen molar-refractivity contribution in [2.75, 3.05) is 12.0 Å². The predicted octanol–water partition coefficient (Wildman–Crippen LogP) is 5.01. The lowest BCUT2D eigenvalue weighted by Gasteiger charge is -2.27. The molecule has 34 heavy (non-hydrogen) atoms. The number of hydrogen-bond donors (Lipinski definition) is 1. The van der Waals surface area contributed by atoms with E-state index in [4.69, 9.17) is 9.47 Å². The van der Waals surface area contributed by atoms with Crippen molar-refractivity contribution in [1.82, 2.24) is 5.32 Å². The molecule has 1 heterocycles. The molecule has 0 aromatic heterocycles. The minimum atomic E-state index is -0.802. The molecular weight excluding hydrogens is 500 g/mol. The molecule has 0 radical (unpaired) electrons. The lowest BCUT2D eigenvalue weighted by Crippen LogP contribution is -2.54. The maximum Gasteiger partial charge on any atom is 0.335 e. The van der Waals surface area contributed by atoms with Crippen molar-refractivity contribution in [1.29, 1.82) is 0 Å². The van der Waals surface area contributed by atoms with E-state index in [9.17, 15) is 14.4 Å². The van der Waals surface area contributed by atoms with E-state index >= 15 is 0 Å². The first-order valence-corrected chi connectivity index (χ1v) is 11.2. The quantitative estimate of drug-likeness (QED) is 0.364.